The van der Waals surface area contributed by atoms with Gasteiger partial charge in [0.2, 0.25) is 0 Å². The number of halogens is 1. The fourth-order valence-corrected chi connectivity index (χ4v) is 2.99. The smallest absolute Gasteiger partial charge is 0.178 e. The highest BCUT2D eigenvalue weighted by molar-refractivity contribution is 7.91. The lowest BCUT2D eigenvalue weighted by Gasteiger charge is -2.04. The third kappa shape index (κ3) is 3.82. The Hall–Kier alpha value is -0.870. The Bertz CT molecular complexity index is 477. The number of ketones is 1. The van der Waals surface area contributed by atoms with Gasteiger partial charge in [0.05, 0.1) is 16.5 Å². The van der Waals surface area contributed by atoms with Gasteiger partial charge in [-0.2, -0.15) is 0 Å². The summed E-state index contributed by atoms with van der Waals surface area (Å²) in [6.07, 6.45) is 1.48. The summed E-state index contributed by atoms with van der Waals surface area (Å²) in [5.74, 6) is -0.155. The van der Waals surface area contributed by atoms with Crippen LogP contribution in [-0.4, -0.2) is 25.8 Å². The Morgan fingerprint density at radius 1 is 1.24 bits per heavy atom. The lowest BCUT2D eigenvalue weighted by molar-refractivity contribution is 0.102. The molecule has 0 fully saturated rings. The monoisotopic (exact) mass is 274 g/mol. The van der Waals surface area contributed by atoms with Crippen molar-refractivity contribution in [2.24, 2.45) is 0 Å². The standard InChI is InChI=1S/C12H15ClO3S/c1-2-3-8-17(15,16)11-6-4-10(5-7-11)12(14)9-13/h4-7H,2-3,8-9H2,1H3. The molecule has 0 atom stereocenters. The molecule has 1 aromatic carbocycles. The molecule has 3 nitrogen and oxygen atoms in total. The molecule has 5 heteroatoms. The fourth-order valence-electron chi connectivity index (χ4n) is 1.38. The number of carbonyl (C=O) groups excluding carboxylic acids is 1. The van der Waals surface area contributed by atoms with Crippen molar-refractivity contribution >= 4 is 27.2 Å². The Labute approximate surface area is 107 Å². The minimum atomic E-state index is -3.22. The van der Waals surface area contributed by atoms with E-state index in [0.29, 0.717) is 12.0 Å². The summed E-state index contributed by atoms with van der Waals surface area (Å²) < 4.78 is 23.7. The number of sulfone groups is 1. The molecule has 1 aromatic rings. The molecule has 0 spiro atoms. The molecule has 0 heterocycles. The molecular weight excluding hydrogens is 260 g/mol. The van der Waals surface area contributed by atoms with Gasteiger partial charge < -0.3 is 0 Å². The molecule has 0 amide bonds. The number of hydrogen-bond donors (Lipinski definition) is 0. The van der Waals surface area contributed by atoms with E-state index in [1.807, 2.05) is 6.92 Å². The zero-order chi connectivity index (χ0) is 12.9. The van der Waals surface area contributed by atoms with Crippen molar-refractivity contribution in [1.29, 1.82) is 0 Å². The summed E-state index contributed by atoms with van der Waals surface area (Å²) >= 11 is 5.42. The molecule has 94 valence electrons. The molecule has 17 heavy (non-hydrogen) atoms. The molecule has 0 aliphatic carbocycles. The molecule has 0 bridgehead atoms. The molecule has 0 unspecified atom stereocenters. The molecule has 0 saturated heterocycles. The quantitative estimate of drug-likeness (QED) is 0.592. The number of alkyl halides is 1. The minimum absolute atomic E-state index is 0.0953. The highest BCUT2D eigenvalue weighted by Gasteiger charge is 2.14. The predicted molar refractivity (Wildman–Crippen MR) is 68.5 cm³/mol. The van der Waals surface area contributed by atoms with Gasteiger partial charge in [0.25, 0.3) is 0 Å². The van der Waals surface area contributed by atoms with Crippen LogP contribution in [0.25, 0.3) is 0 Å². The van der Waals surface area contributed by atoms with Gasteiger partial charge in [-0.15, -0.1) is 11.6 Å². The van der Waals surface area contributed by atoms with Crippen LogP contribution in [-0.2, 0) is 9.84 Å². The SMILES string of the molecule is CCCCS(=O)(=O)c1ccc(C(=O)CCl)cc1. The van der Waals surface area contributed by atoms with Crippen molar-refractivity contribution in [3.8, 4) is 0 Å². The molecule has 0 radical (unpaired) electrons. The van der Waals surface area contributed by atoms with Crippen molar-refractivity contribution in [3.63, 3.8) is 0 Å². The van der Waals surface area contributed by atoms with E-state index >= 15 is 0 Å². The van der Waals surface area contributed by atoms with Gasteiger partial charge in [-0.25, -0.2) is 8.42 Å². The van der Waals surface area contributed by atoms with Crippen molar-refractivity contribution in [3.05, 3.63) is 29.8 Å². The van der Waals surface area contributed by atoms with Gasteiger partial charge in [0.1, 0.15) is 0 Å². The van der Waals surface area contributed by atoms with Crippen LogP contribution >= 0.6 is 11.6 Å². The Morgan fingerprint density at radius 3 is 2.29 bits per heavy atom. The molecular formula is C12H15ClO3S. The van der Waals surface area contributed by atoms with Gasteiger partial charge >= 0.3 is 0 Å². The number of rotatable bonds is 6. The van der Waals surface area contributed by atoms with Crippen molar-refractivity contribution in [2.75, 3.05) is 11.6 Å². The summed E-state index contributed by atoms with van der Waals surface area (Å²) in [4.78, 5) is 11.5. The molecule has 0 aliphatic rings. The zero-order valence-electron chi connectivity index (χ0n) is 9.65. The highest BCUT2D eigenvalue weighted by Crippen LogP contribution is 2.14. The number of hydrogen-bond acceptors (Lipinski definition) is 3. The first-order valence-corrected chi connectivity index (χ1v) is 7.62. The number of Topliss-reactive ketones (excluding diaryl/α,β-unsaturated/α-hetero) is 1. The van der Waals surface area contributed by atoms with Crippen molar-refractivity contribution < 1.29 is 13.2 Å². The Balaban J connectivity index is 2.91. The minimum Gasteiger partial charge on any atom is -0.293 e. The van der Waals surface area contributed by atoms with Crippen molar-refractivity contribution in [1.82, 2.24) is 0 Å². The molecule has 0 aromatic heterocycles. The first kappa shape index (κ1) is 14.2. The van der Waals surface area contributed by atoms with Crippen LogP contribution < -0.4 is 0 Å². The van der Waals surface area contributed by atoms with E-state index in [1.165, 1.54) is 24.3 Å². The van der Waals surface area contributed by atoms with Crippen LogP contribution in [0.15, 0.2) is 29.2 Å². The summed E-state index contributed by atoms with van der Waals surface area (Å²) in [5.41, 5.74) is 0.439. The summed E-state index contributed by atoms with van der Waals surface area (Å²) in [6.45, 7) is 1.94. The van der Waals surface area contributed by atoms with Gasteiger partial charge in [-0.1, -0.05) is 25.5 Å². The fraction of sp³-hybridized carbons (Fsp3) is 0.417. The maximum Gasteiger partial charge on any atom is 0.178 e. The van der Waals surface area contributed by atoms with Crippen LogP contribution in [0.4, 0.5) is 0 Å². The van der Waals surface area contributed by atoms with Crippen LogP contribution in [0.1, 0.15) is 30.1 Å². The molecule has 1 rings (SSSR count). The molecule has 0 saturated carbocycles. The molecule has 0 N–H and O–H groups in total. The maximum atomic E-state index is 11.8. The van der Waals surface area contributed by atoms with Crippen LogP contribution in [0.5, 0.6) is 0 Å². The number of unbranched alkanes of at least 4 members (excludes halogenated alkanes) is 1. The lowest BCUT2D eigenvalue weighted by atomic mass is 10.1. The maximum absolute atomic E-state index is 11.8. The molecule has 0 aliphatic heterocycles. The van der Waals surface area contributed by atoms with Gasteiger partial charge in [-0.05, 0) is 18.6 Å². The lowest BCUT2D eigenvalue weighted by Crippen LogP contribution is -2.07. The Kier molecular flexibility index (Phi) is 5.15. The highest BCUT2D eigenvalue weighted by atomic mass is 35.5. The van der Waals surface area contributed by atoms with Crippen LogP contribution in [0, 0.1) is 0 Å². The first-order chi connectivity index (χ1) is 8.01. The largest absolute Gasteiger partial charge is 0.293 e. The second-order valence-corrected chi connectivity index (χ2v) is 6.13. The van der Waals surface area contributed by atoms with Gasteiger partial charge in [0.15, 0.2) is 15.6 Å². The number of carbonyl (C=O) groups is 1. The third-order valence-electron chi connectivity index (χ3n) is 2.42. The third-order valence-corrected chi connectivity index (χ3v) is 4.48. The summed E-state index contributed by atoms with van der Waals surface area (Å²) in [7, 11) is -3.22. The second kappa shape index (κ2) is 6.17. The average molecular weight is 275 g/mol. The van der Waals surface area contributed by atoms with E-state index in [9.17, 15) is 13.2 Å². The van der Waals surface area contributed by atoms with Crippen molar-refractivity contribution in [2.45, 2.75) is 24.7 Å². The zero-order valence-corrected chi connectivity index (χ0v) is 11.2. The van der Waals surface area contributed by atoms with Crippen LogP contribution in [0.2, 0.25) is 0 Å². The van der Waals surface area contributed by atoms with E-state index in [4.69, 9.17) is 11.6 Å². The van der Waals surface area contributed by atoms with Gasteiger partial charge in [0, 0.05) is 5.56 Å². The Morgan fingerprint density at radius 2 is 1.82 bits per heavy atom. The van der Waals surface area contributed by atoms with E-state index < -0.39 is 9.84 Å². The summed E-state index contributed by atoms with van der Waals surface area (Å²) in [5, 5.41) is 0. The van der Waals surface area contributed by atoms with Crippen LogP contribution in [0.3, 0.4) is 0 Å². The first-order valence-electron chi connectivity index (χ1n) is 5.43. The second-order valence-electron chi connectivity index (χ2n) is 3.75. The van der Waals surface area contributed by atoms with E-state index in [0.717, 1.165) is 6.42 Å². The van der Waals surface area contributed by atoms with Gasteiger partial charge in [-0.3, -0.25) is 4.79 Å². The predicted octanol–water partition coefficient (Wildman–Crippen LogP) is 2.68. The van der Waals surface area contributed by atoms with E-state index in [1.54, 1.807) is 0 Å². The average Bonchev–Trinajstić information content (AvgIpc) is 2.35. The van der Waals surface area contributed by atoms with E-state index in [2.05, 4.69) is 0 Å². The van der Waals surface area contributed by atoms with E-state index in [-0.39, 0.29) is 22.3 Å². The topological polar surface area (TPSA) is 51.2 Å². The number of benzene rings is 1. The summed E-state index contributed by atoms with van der Waals surface area (Å²) in [6, 6.07) is 5.93. The normalized spacial score (nSPS) is 11.4.